The first kappa shape index (κ1) is 18.9. The largest absolute Gasteiger partial charge is 0.438 e. The molecule has 29 heavy (non-hydrogen) atoms. The van der Waals surface area contributed by atoms with E-state index in [1.165, 1.54) is 26.0 Å². The highest BCUT2D eigenvalue weighted by Crippen LogP contribution is 2.28. The third-order valence-corrected chi connectivity index (χ3v) is 5.44. The maximum absolute atomic E-state index is 12.1. The van der Waals surface area contributed by atoms with Crippen LogP contribution in [0.4, 0.5) is 0 Å². The third-order valence-electron chi connectivity index (χ3n) is 4.12. The number of esters is 2. The number of nitrogens with zero attached hydrogens (tertiary/aromatic N) is 1. The van der Waals surface area contributed by atoms with Gasteiger partial charge in [-0.15, -0.1) is 4.40 Å². The predicted molar refractivity (Wildman–Crippen MR) is 101 cm³/mol. The Hall–Kier alpha value is -3.46. The number of ether oxygens (including phenoxy) is 3. The van der Waals surface area contributed by atoms with Crippen molar-refractivity contribution < 1.29 is 32.2 Å². The summed E-state index contributed by atoms with van der Waals surface area (Å²) in [4.78, 5) is 24.1. The number of rotatable bonds is 2. The highest BCUT2D eigenvalue weighted by atomic mass is 32.2. The second-order valence-electron chi connectivity index (χ2n) is 6.78. The first-order valence-electron chi connectivity index (χ1n) is 8.55. The lowest BCUT2D eigenvalue weighted by molar-refractivity contribution is -0.222. The maximum Gasteiger partial charge on any atom is 0.348 e. The van der Waals surface area contributed by atoms with Gasteiger partial charge in [-0.05, 0) is 35.9 Å². The van der Waals surface area contributed by atoms with Crippen LogP contribution in [0.25, 0.3) is 6.08 Å². The van der Waals surface area contributed by atoms with Gasteiger partial charge in [-0.25, -0.2) is 9.59 Å². The first-order chi connectivity index (χ1) is 13.6. The quantitative estimate of drug-likeness (QED) is 0.423. The molecule has 0 saturated carbocycles. The summed E-state index contributed by atoms with van der Waals surface area (Å²) in [6, 6.07) is 12.7. The Morgan fingerprint density at radius 1 is 0.966 bits per heavy atom. The van der Waals surface area contributed by atoms with Gasteiger partial charge in [-0.3, -0.25) is 0 Å². The van der Waals surface area contributed by atoms with Crippen molar-refractivity contribution >= 4 is 33.9 Å². The van der Waals surface area contributed by atoms with Gasteiger partial charge >= 0.3 is 11.9 Å². The summed E-state index contributed by atoms with van der Waals surface area (Å²) in [5.41, 5.74) is 0.689. The van der Waals surface area contributed by atoms with Crippen LogP contribution in [0.2, 0.25) is 0 Å². The van der Waals surface area contributed by atoms with Crippen molar-refractivity contribution in [1.82, 2.24) is 0 Å². The Bertz CT molecular complexity index is 1170. The summed E-state index contributed by atoms with van der Waals surface area (Å²) in [7, 11) is -3.77. The molecule has 1 saturated heterocycles. The van der Waals surface area contributed by atoms with E-state index in [9.17, 15) is 18.0 Å². The van der Waals surface area contributed by atoms with E-state index in [-0.39, 0.29) is 16.4 Å². The predicted octanol–water partition coefficient (Wildman–Crippen LogP) is 2.43. The zero-order valence-electron chi connectivity index (χ0n) is 15.4. The maximum atomic E-state index is 12.1. The van der Waals surface area contributed by atoms with Crippen molar-refractivity contribution in [2.24, 2.45) is 4.40 Å². The summed E-state index contributed by atoms with van der Waals surface area (Å²) in [5, 5.41) is 0. The van der Waals surface area contributed by atoms with Crippen LogP contribution < -0.4 is 4.74 Å². The number of hydrogen-bond acceptors (Lipinski definition) is 7. The molecule has 1 fully saturated rings. The zero-order chi connectivity index (χ0) is 20.8. The van der Waals surface area contributed by atoms with Gasteiger partial charge in [0.05, 0.1) is 5.56 Å². The number of carbonyl (C=O) groups excluding carboxylic acids is 2. The van der Waals surface area contributed by atoms with Crippen LogP contribution in [0.15, 0.2) is 63.4 Å². The van der Waals surface area contributed by atoms with Gasteiger partial charge in [-0.1, -0.05) is 24.3 Å². The van der Waals surface area contributed by atoms with Crippen LogP contribution in [0.1, 0.15) is 25.0 Å². The summed E-state index contributed by atoms with van der Waals surface area (Å²) in [6.07, 6.45) is 1.34. The summed E-state index contributed by atoms with van der Waals surface area (Å²) >= 11 is 0. The number of benzene rings is 2. The Morgan fingerprint density at radius 2 is 1.59 bits per heavy atom. The molecule has 0 aromatic heterocycles. The van der Waals surface area contributed by atoms with Gasteiger partial charge in [0.1, 0.15) is 16.2 Å². The van der Waals surface area contributed by atoms with Crippen LogP contribution in [-0.4, -0.2) is 32.0 Å². The standard InChI is InChI=1S/C20H15NO7S/c1-20(2)27-18(22)15(19(23)28-20)11-12-7-9-13(10-8-12)26-17-14-5-3-4-6-16(14)29(24,25)21-17/h3-11H,1-2H3. The van der Waals surface area contributed by atoms with Crippen LogP contribution in [0.5, 0.6) is 5.75 Å². The summed E-state index contributed by atoms with van der Waals surface area (Å²) < 4.78 is 43.5. The summed E-state index contributed by atoms with van der Waals surface area (Å²) in [5.74, 6) is -2.52. The molecule has 0 amide bonds. The SMILES string of the molecule is CC1(C)OC(=O)C(=Cc2ccc(OC3=NS(=O)(=O)c4ccccc43)cc2)C(=O)O1. The van der Waals surface area contributed by atoms with Gasteiger partial charge < -0.3 is 14.2 Å². The van der Waals surface area contributed by atoms with Gasteiger partial charge in [0.25, 0.3) is 15.8 Å². The Kier molecular flexibility index (Phi) is 4.27. The van der Waals surface area contributed by atoms with E-state index < -0.39 is 27.7 Å². The van der Waals surface area contributed by atoms with E-state index in [1.54, 1.807) is 42.5 Å². The Morgan fingerprint density at radius 3 is 2.24 bits per heavy atom. The molecule has 0 N–H and O–H groups in total. The van der Waals surface area contributed by atoms with Crippen LogP contribution >= 0.6 is 0 Å². The number of hydrogen-bond donors (Lipinski definition) is 0. The smallest absolute Gasteiger partial charge is 0.348 e. The second-order valence-corrected chi connectivity index (χ2v) is 8.35. The van der Waals surface area contributed by atoms with Crippen LogP contribution in [0.3, 0.4) is 0 Å². The van der Waals surface area contributed by atoms with E-state index in [2.05, 4.69) is 4.40 Å². The van der Waals surface area contributed by atoms with E-state index in [0.717, 1.165) is 0 Å². The summed E-state index contributed by atoms with van der Waals surface area (Å²) in [6.45, 7) is 2.94. The molecule has 0 radical (unpaired) electrons. The minimum Gasteiger partial charge on any atom is -0.438 e. The molecule has 9 heteroatoms. The molecule has 2 aromatic rings. The molecule has 0 bridgehead atoms. The second kappa shape index (κ2) is 6.56. The fourth-order valence-electron chi connectivity index (χ4n) is 2.84. The minimum atomic E-state index is -3.77. The lowest BCUT2D eigenvalue weighted by Crippen LogP contribution is -2.41. The molecule has 0 atom stereocenters. The molecule has 0 unspecified atom stereocenters. The molecule has 4 rings (SSSR count). The number of carbonyl (C=O) groups is 2. The molecule has 8 nitrogen and oxygen atoms in total. The topological polar surface area (TPSA) is 108 Å². The van der Waals surface area contributed by atoms with Gasteiger partial charge in [0.15, 0.2) is 0 Å². The lowest BCUT2D eigenvalue weighted by atomic mass is 10.1. The average molecular weight is 413 g/mol. The van der Waals surface area contributed by atoms with E-state index >= 15 is 0 Å². The molecule has 2 heterocycles. The Balaban J connectivity index is 1.56. The van der Waals surface area contributed by atoms with Crippen molar-refractivity contribution in [3.05, 3.63) is 65.2 Å². The fourth-order valence-corrected chi connectivity index (χ4v) is 3.97. The van der Waals surface area contributed by atoms with E-state index in [1.807, 2.05) is 0 Å². The van der Waals surface area contributed by atoms with Crippen molar-refractivity contribution in [2.75, 3.05) is 0 Å². The number of fused-ring (bicyclic) bond motifs is 1. The van der Waals surface area contributed by atoms with Crippen LogP contribution in [0, 0.1) is 0 Å². The van der Waals surface area contributed by atoms with Gasteiger partial charge in [0, 0.05) is 13.8 Å². The van der Waals surface area contributed by atoms with Crippen molar-refractivity contribution in [3.63, 3.8) is 0 Å². The van der Waals surface area contributed by atoms with Crippen molar-refractivity contribution in [2.45, 2.75) is 24.5 Å². The van der Waals surface area contributed by atoms with Gasteiger partial charge in [-0.2, -0.15) is 8.42 Å². The Labute approximate surface area is 166 Å². The number of sulfonamides is 1. The molecule has 2 aliphatic rings. The normalized spacial score (nSPS) is 19.0. The zero-order valence-corrected chi connectivity index (χ0v) is 16.2. The van der Waals surface area contributed by atoms with Crippen molar-refractivity contribution in [3.8, 4) is 5.75 Å². The fraction of sp³-hybridized carbons (Fsp3) is 0.150. The molecule has 148 valence electrons. The van der Waals surface area contributed by atoms with E-state index in [4.69, 9.17) is 14.2 Å². The number of cyclic esters (lactones) is 2. The van der Waals surface area contributed by atoms with E-state index in [0.29, 0.717) is 16.9 Å². The van der Waals surface area contributed by atoms with Crippen molar-refractivity contribution in [1.29, 1.82) is 0 Å². The first-order valence-corrected chi connectivity index (χ1v) is 9.99. The highest BCUT2D eigenvalue weighted by Gasteiger charge is 2.38. The van der Waals surface area contributed by atoms with Gasteiger partial charge in [0.2, 0.25) is 5.90 Å². The molecular formula is C20H15NO7S. The molecular weight excluding hydrogens is 398 g/mol. The minimum absolute atomic E-state index is 0.0200. The average Bonchev–Trinajstić information content (AvgIpc) is 2.89. The monoisotopic (exact) mass is 413 g/mol. The lowest BCUT2D eigenvalue weighted by Gasteiger charge is -2.29. The highest BCUT2D eigenvalue weighted by molar-refractivity contribution is 7.90. The molecule has 0 spiro atoms. The molecule has 2 aromatic carbocycles. The third kappa shape index (κ3) is 3.64. The molecule has 2 aliphatic heterocycles. The molecule has 0 aliphatic carbocycles. The van der Waals surface area contributed by atoms with Crippen LogP contribution in [-0.2, 0) is 29.1 Å².